The summed E-state index contributed by atoms with van der Waals surface area (Å²) >= 11 is 0. The normalized spacial score (nSPS) is 13.1. The number of carbonyl (C=O) groups excluding carboxylic acids is 1. The second-order valence-corrected chi connectivity index (χ2v) is 5.46. The zero-order valence-electron chi connectivity index (χ0n) is 13.1. The molecule has 0 aliphatic rings. The molecule has 0 spiro atoms. The van der Waals surface area contributed by atoms with E-state index in [0.717, 1.165) is 11.1 Å². The third-order valence-electron chi connectivity index (χ3n) is 3.82. The van der Waals surface area contributed by atoms with Crippen LogP contribution in [0.1, 0.15) is 30.4 Å². The Labute approximate surface area is 136 Å². The van der Waals surface area contributed by atoms with Gasteiger partial charge in [0.2, 0.25) is 5.91 Å². The van der Waals surface area contributed by atoms with E-state index in [9.17, 15) is 14.7 Å². The van der Waals surface area contributed by atoms with Gasteiger partial charge in [0.05, 0.1) is 5.92 Å². The third-order valence-corrected chi connectivity index (χ3v) is 3.82. The number of carboxylic acid groups (broad SMARTS) is 1. The van der Waals surface area contributed by atoms with Crippen LogP contribution in [0.5, 0.6) is 0 Å². The van der Waals surface area contributed by atoms with Gasteiger partial charge < -0.3 is 10.4 Å². The van der Waals surface area contributed by atoms with Crippen LogP contribution in [0.4, 0.5) is 0 Å². The van der Waals surface area contributed by atoms with Crippen molar-refractivity contribution in [2.24, 2.45) is 0 Å². The highest BCUT2D eigenvalue weighted by molar-refractivity contribution is 5.88. The molecule has 2 unspecified atom stereocenters. The lowest BCUT2D eigenvalue weighted by Gasteiger charge is -2.20. The first-order valence-corrected chi connectivity index (χ1v) is 7.74. The number of rotatable bonds is 7. The maximum absolute atomic E-state index is 12.5. The molecule has 0 fully saturated rings. The molecule has 0 bridgehead atoms. The quantitative estimate of drug-likeness (QED) is 0.826. The average molecular weight is 311 g/mol. The Hall–Kier alpha value is -2.62. The predicted molar refractivity (Wildman–Crippen MR) is 89.2 cm³/mol. The number of benzene rings is 2. The molecule has 2 aromatic rings. The van der Waals surface area contributed by atoms with E-state index in [1.54, 1.807) is 0 Å². The number of amides is 1. The Kier molecular flexibility index (Phi) is 5.92. The molecule has 120 valence electrons. The standard InChI is InChI=1S/C19H21NO3/c1-2-16(15-11-7-4-8-12-15)18(21)20-17(19(22)23)13-14-9-5-3-6-10-14/h3-12,16-17H,2,13H2,1H3,(H,20,21)(H,22,23). The van der Waals surface area contributed by atoms with E-state index < -0.39 is 12.0 Å². The first-order chi connectivity index (χ1) is 11.1. The molecule has 4 heteroatoms. The van der Waals surface area contributed by atoms with Gasteiger partial charge in [-0.05, 0) is 17.5 Å². The Bertz CT molecular complexity index is 640. The van der Waals surface area contributed by atoms with Gasteiger partial charge in [-0.15, -0.1) is 0 Å². The minimum absolute atomic E-state index is 0.248. The SMILES string of the molecule is CCC(C(=O)NC(Cc1ccccc1)C(=O)O)c1ccccc1. The third kappa shape index (κ3) is 4.68. The lowest BCUT2D eigenvalue weighted by Crippen LogP contribution is -2.44. The largest absolute Gasteiger partial charge is 0.480 e. The summed E-state index contributed by atoms with van der Waals surface area (Å²) in [4.78, 5) is 24.0. The zero-order chi connectivity index (χ0) is 16.7. The highest BCUT2D eigenvalue weighted by Gasteiger charge is 2.25. The second kappa shape index (κ2) is 8.13. The molecule has 2 rings (SSSR count). The fourth-order valence-corrected chi connectivity index (χ4v) is 2.58. The topological polar surface area (TPSA) is 66.4 Å². The molecule has 1 amide bonds. The molecular weight excluding hydrogens is 290 g/mol. The summed E-state index contributed by atoms with van der Waals surface area (Å²) in [7, 11) is 0. The van der Waals surface area contributed by atoms with Crippen LogP contribution in [0.15, 0.2) is 60.7 Å². The van der Waals surface area contributed by atoms with Gasteiger partial charge in [0, 0.05) is 6.42 Å². The van der Waals surface area contributed by atoms with E-state index in [-0.39, 0.29) is 18.2 Å². The van der Waals surface area contributed by atoms with Crippen LogP contribution in [0.25, 0.3) is 0 Å². The van der Waals surface area contributed by atoms with Gasteiger partial charge in [0.1, 0.15) is 6.04 Å². The lowest BCUT2D eigenvalue weighted by molar-refractivity contribution is -0.142. The first-order valence-electron chi connectivity index (χ1n) is 7.74. The van der Waals surface area contributed by atoms with Crippen LogP contribution in [0.3, 0.4) is 0 Å². The highest BCUT2D eigenvalue weighted by Crippen LogP contribution is 2.19. The summed E-state index contributed by atoms with van der Waals surface area (Å²) in [5.74, 6) is -1.61. The number of hydrogen-bond acceptors (Lipinski definition) is 2. The van der Waals surface area contributed by atoms with Crippen molar-refractivity contribution in [2.75, 3.05) is 0 Å². The van der Waals surface area contributed by atoms with Crippen LogP contribution in [-0.4, -0.2) is 23.0 Å². The predicted octanol–water partition coefficient (Wildman–Crippen LogP) is 2.99. The van der Waals surface area contributed by atoms with E-state index >= 15 is 0 Å². The Balaban J connectivity index is 2.09. The fourth-order valence-electron chi connectivity index (χ4n) is 2.58. The summed E-state index contributed by atoms with van der Waals surface area (Å²) in [6, 6.07) is 17.8. The smallest absolute Gasteiger partial charge is 0.326 e. The number of hydrogen-bond donors (Lipinski definition) is 2. The van der Waals surface area contributed by atoms with Crippen LogP contribution in [0, 0.1) is 0 Å². The summed E-state index contributed by atoms with van der Waals surface area (Å²) < 4.78 is 0. The molecule has 2 aromatic carbocycles. The van der Waals surface area contributed by atoms with Gasteiger partial charge in [0.15, 0.2) is 0 Å². The second-order valence-electron chi connectivity index (χ2n) is 5.46. The molecule has 0 aliphatic heterocycles. The van der Waals surface area contributed by atoms with Crippen LogP contribution < -0.4 is 5.32 Å². The molecule has 2 atom stereocenters. The van der Waals surface area contributed by atoms with Crippen molar-refractivity contribution < 1.29 is 14.7 Å². The van der Waals surface area contributed by atoms with Crippen LogP contribution in [0.2, 0.25) is 0 Å². The van der Waals surface area contributed by atoms with E-state index in [4.69, 9.17) is 0 Å². The van der Waals surface area contributed by atoms with Crippen LogP contribution >= 0.6 is 0 Å². The van der Waals surface area contributed by atoms with Crippen molar-refractivity contribution in [3.05, 3.63) is 71.8 Å². The molecule has 0 saturated heterocycles. The van der Waals surface area contributed by atoms with Crippen molar-refractivity contribution in [1.82, 2.24) is 5.32 Å². The van der Waals surface area contributed by atoms with Crippen molar-refractivity contribution in [3.63, 3.8) is 0 Å². The summed E-state index contributed by atoms with van der Waals surface area (Å²) in [5, 5.41) is 12.1. The Morgan fingerprint density at radius 1 is 1.00 bits per heavy atom. The summed E-state index contributed by atoms with van der Waals surface area (Å²) in [6.45, 7) is 1.92. The van der Waals surface area contributed by atoms with E-state index in [2.05, 4.69) is 5.32 Å². The van der Waals surface area contributed by atoms with E-state index in [1.807, 2.05) is 67.6 Å². The molecule has 4 nitrogen and oxygen atoms in total. The maximum Gasteiger partial charge on any atom is 0.326 e. The highest BCUT2D eigenvalue weighted by atomic mass is 16.4. The van der Waals surface area contributed by atoms with E-state index in [0.29, 0.717) is 6.42 Å². The minimum Gasteiger partial charge on any atom is -0.480 e. The number of carbonyl (C=O) groups is 2. The lowest BCUT2D eigenvalue weighted by atomic mass is 9.95. The van der Waals surface area contributed by atoms with Gasteiger partial charge in [-0.3, -0.25) is 4.79 Å². The maximum atomic E-state index is 12.5. The molecule has 0 aromatic heterocycles. The molecule has 23 heavy (non-hydrogen) atoms. The van der Waals surface area contributed by atoms with Crippen LogP contribution in [-0.2, 0) is 16.0 Å². The summed E-state index contributed by atoms with van der Waals surface area (Å²) in [6.07, 6.45) is 0.890. The van der Waals surface area contributed by atoms with Gasteiger partial charge in [0.25, 0.3) is 0 Å². The average Bonchev–Trinajstić information content (AvgIpc) is 2.57. The van der Waals surface area contributed by atoms with Gasteiger partial charge in [-0.2, -0.15) is 0 Å². The van der Waals surface area contributed by atoms with Crippen molar-refractivity contribution in [2.45, 2.75) is 31.7 Å². The number of carboxylic acids is 1. The van der Waals surface area contributed by atoms with E-state index in [1.165, 1.54) is 0 Å². The van der Waals surface area contributed by atoms with Crippen molar-refractivity contribution >= 4 is 11.9 Å². The first kappa shape index (κ1) is 16.7. The molecule has 0 aliphatic carbocycles. The molecule has 0 saturated carbocycles. The van der Waals surface area contributed by atoms with Gasteiger partial charge >= 0.3 is 5.97 Å². The molecule has 0 heterocycles. The molecule has 2 N–H and O–H groups in total. The summed E-state index contributed by atoms with van der Waals surface area (Å²) in [5.41, 5.74) is 1.78. The van der Waals surface area contributed by atoms with Crippen molar-refractivity contribution in [3.8, 4) is 0 Å². The van der Waals surface area contributed by atoms with Gasteiger partial charge in [-0.25, -0.2) is 4.79 Å². The monoisotopic (exact) mass is 311 g/mol. The van der Waals surface area contributed by atoms with Crippen molar-refractivity contribution in [1.29, 1.82) is 0 Å². The molecular formula is C19H21NO3. The molecule has 0 radical (unpaired) electrons. The minimum atomic E-state index is -1.02. The zero-order valence-corrected chi connectivity index (χ0v) is 13.1. The fraction of sp³-hybridized carbons (Fsp3) is 0.263. The number of aliphatic carboxylic acids is 1. The number of nitrogens with one attached hydrogen (secondary N) is 1. The Morgan fingerprint density at radius 3 is 2.09 bits per heavy atom. The van der Waals surface area contributed by atoms with Gasteiger partial charge in [-0.1, -0.05) is 67.6 Å². The Morgan fingerprint density at radius 2 is 1.57 bits per heavy atom.